The van der Waals surface area contributed by atoms with E-state index in [0.29, 0.717) is 32.1 Å². The number of anilines is 1. The van der Waals surface area contributed by atoms with E-state index in [1.54, 1.807) is 24.3 Å². The summed E-state index contributed by atoms with van der Waals surface area (Å²) in [5.74, 6) is -1.01. The maximum Gasteiger partial charge on any atom is 0.539 e. The molecule has 3 aromatic rings. The van der Waals surface area contributed by atoms with Crippen molar-refractivity contribution >= 4 is 35.4 Å². The molecule has 0 radical (unpaired) electrons. The number of morpholine rings is 1. The number of nitrogens with zero attached hydrogens (tertiary/aromatic N) is 5. The Hall–Kier alpha value is -3.83. The number of benzene rings is 1. The number of imide groups is 3. The van der Waals surface area contributed by atoms with Crippen LogP contribution in [0.3, 0.4) is 0 Å². The lowest BCUT2D eigenvalue weighted by Gasteiger charge is -2.27. The van der Waals surface area contributed by atoms with Gasteiger partial charge in [-0.3, -0.25) is 0 Å². The van der Waals surface area contributed by atoms with Gasteiger partial charge in [0.25, 0.3) is 5.82 Å². The smallest absolute Gasteiger partial charge is 0.434 e. The Kier molecular flexibility index (Phi) is 5.84. The van der Waals surface area contributed by atoms with E-state index in [1.165, 1.54) is 22.8 Å². The summed E-state index contributed by atoms with van der Waals surface area (Å²) in [5.41, 5.74) is 0.878. The van der Waals surface area contributed by atoms with E-state index in [0.717, 1.165) is 5.56 Å². The summed E-state index contributed by atoms with van der Waals surface area (Å²) in [7, 11) is 0. The van der Waals surface area contributed by atoms with Gasteiger partial charge in [-0.15, -0.1) is 5.10 Å². The molecule has 3 heterocycles. The normalized spacial score (nSPS) is 14.9. The van der Waals surface area contributed by atoms with Gasteiger partial charge in [-0.1, -0.05) is 32.9 Å². The summed E-state index contributed by atoms with van der Waals surface area (Å²) in [6, 6.07) is 9.55. The molecule has 1 fully saturated rings. The molecule has 178 valence electrons. The Balaban J connectivity index is 1.79. The minimum absolute atomic E-state index is 0.0585. The van der Waals surface area contributed by atoms with Crippen molar-refractivity contribution in [3.63, 3.8) is 0 Å². The number of hydrogen-bond acceptors (Lipinski definition) is 7. The van der Waals surface area contributed by atoms with Crippen molar-refractivity contribution in [3.8, 4) is 0 Å². The fourth-order valence-electron chi connectivity index (χ4n) is 3.84. The lowest BCUT2D eigenvalue weighted by Crippen LogP contribution is -2.61. The quantitative estimate of drug-likeness (QED) is 0.555. The number of fused-ring (bicyclic) bond motifs is 1. The van der Waals surface area contributed by atoms with Crippen LogP contribution in [0.4, 0.5) is 21.2 Å². The highest BCUT2D eigenvalue weighted by atomic mass is 16.5. The first kappa shape index (κ1) is 23.3. The number of rotatable bonds is 3. The molecule has 0 spiro atoms. The molecule has 11 heteroatoms. The van der Waals surface area contributed by atoms with Crippen LogP contribution < -0.4 is 9.38 Å². The molecule has 11 nitrogen and oxygen atoms in total. The number of imidazole rings is 1. The largest absolute Gasteiger partial charge is 0.539 e. The van der Waals surface area contributed by atoms with Crippen LogP contribution in [0.2, 0.25) is 0 Å². The average molecular weight is 468 g/mol. The molecular formula is C23H26N5O6+. The highest BCUT2D eigenvalue weighted by Crippen LogP contribution is 2.29. The van der Waals surface area contributed by atoms with Gasteiger partial charge >= 0.3 is 18.1 Å². The summed E-state index contributed by atoms with van der Waals surface area (Å²) < 4.78 is 4.60. The molecule has 2 aromatic heterocycles. The minimum Gasteiger partial charge on any atom is -0.434 e. The lowest BCUT2D eigenvalue weighted by atomic mass is 9.86. The zero-order valence-corrected chi connectivity index (χ0v) is 19.1. The second kappa shape index (κ2) is 8.50. The number of ether oxygens (including phenoxy) is 1. The fraction of sp³-hybridized carbons (Fsp3) is 0.348. The van der Waals surface area contributed by atoms with Crippen molar-refractivity contribution in [1.29, 1.82) is 0 Å². The third-order valence-corrected chi connectivity index (χ3v) is 5.85. The van der Waals surface area contributed by atoms with Crippen LogP contribution in [0, 0.1) is 0 Å². The summed E-state index contributed by atoms with van der Waals surface area (Å²) in [6.07, 6.45) is -2.59. The minimum atomic E-state index is -2.04. The van der Waals surface area contributed by atoms with Crippen molar-refractivity contribution in [2.24, 2.45) is 0 Å². The molecule has 3 amide bonds. The van der Waals surface area contributed by atoms with Gasteiger partial charge in [0.2, 0.25) is 0 Å². The lowest BCUT2D eigenvalue weighted by molar-refractivity contribution is 0.0733. The number of quaternary nitrogens is 1. The Labute approximate surface area is 195 Å². The maximum absolute atomic E-state index is 13.4. The first-order valence-electron chi connectivity index (χ1n) is 10.8. The summed E-state index contributed by atoms with van der Waals surface area (Å²) >= 11 is 0. The van der Waals surface area contributed by atoms with Crippen LogP contribution in [0.25, 0.3) is 5.65 Å². The standard InChI is InChI=1S/C23H25N5O6/c1-23(2,3)16-6-4-15(5-7-16)20(29)28(21(30)31,22(32)33)19-14-27-17(24-19)8-9-18(25-27)26-10-12-34-13-11-26/h4-9,14H,10-13H2,1-3H3,(H-,30,31,32,33)/p+1. The van der Waals surface area contributed by atoms with E-state index in [4.69, 9.17) is 4.74 Å². The highest BCUT2D eigenvalue weighted by Gasteiger charge is 2.58. The van der Waals surface area contributed by atoms with Gasteiger partial charge in [0.15, 0.2) is 5.65 Å². The van der Waals surface area contributed by atoms with Gasteiger partial charge in [-0.25, -0.2) is 9.31 Å². The summed E-state index contributed by atoms with van der Waals surface area (Å²) in [6.45, 7) is 8.35. The van der Waals surface area contributed by atoms with Crippen LogP contribution in [-0.4, -0.2) is 69.2 Å². The van der Waals surface area contributed by atoms with Gasteiger partial charge in [-0.2, -0.15) is 14.6 Å². The molecule has 0 saturated carbocycles. The Morgan fingerprint density at radius 2 is 1.59 bits per heavy atom. The Bertz CT molecular complexity index is 1240. The molecule has 0 atom stereocenters. The van der Waals surface area contributed by atoms with E-state index in [1.807, 2.05) is 25.7 Å². The molecule has 2 N–H and O–H groups in total. The van der Waals surface area contributed by atoms with Crippen molar-refractivity contribution in [2.75, 3.05) is 31.2 Å². The number of carbonyl (C=O) groups is 3. The predicted molar refractivity (Wildman–Crippen MR) is 123 cm³/mol. The molecule has 1 aliphatic heterocycles. The van der Waals surface area contributed by atoms with E-state index in [-0.39, 0.29) is 16.6 Å². The average Bonchev–Trinajstić information content (AvgIpc) is 3.22. The first-order valence-corrected chi connectivity index (χ1v) is 10.8. The van der Waals surface area contributed by atoms with Crippen LogP contribution in [0.15, 0.2) is 42.6 Å². The summed E-state index contributed by atoms with van der Waals surface area (Å²) in [5, 5.41) is 24.5. The maximum atomic E-state index is 13.4. The zero-order valence-electron chi connectivity index (χ0n) is 19.1. The van der Waals surface area contributed by atoms with Crippen LogP contribution in [-0.2, 0) is 10.2 Å². The molecule has 34 heavy (non-hydrogen) atoms. The number of carbonyl (C=O) groups excluding carboxylic acids is 1. The SMILES string of the molecule is CC(C)(C)c1ccc(C(=O)[N+](C(=O)O)(C(=O)O)c2cn3nc(N4CCOCC4)ccc3n2)cc1. The van der Waals surface area contributed by atoms with Gasteiger partial charge < -0.3 is 19.8 Å². The van der Waals surface area contributed by atoms with E-state index in [2.05, 4.69) is 10.1 Å². The van der Waals surface area contributed by atoms with Gasteiger partial charge in [0.1, 0.15) is 12.0 Å². The third-order valence-electron chi connectivity index (χ3n) is 5.85. The highest BCUT2D eigenvalue weighted by molar-refractivity contribution is 6.24. The van der Waals surface area contributed by atoms with Crippen molar-refractivity contribution in [2.45, 2.75) is 26.2 Å². The van der Waals surface area contributed by atoms with Crippen molar-refractivity contribution in [1.82, 2.24) is 19.1 Å². The predicted octanol–water partition coefficient (Wildman–Crippen LogP) is 3.37. The van der Waals surface area contributed by atoms with Crippen LogP contribution in [0.5, 0.6) is 0 Å². The molecule has 0 aliphatic carbocycles. The Morgan fingerprint density at radius 1 is 0.971 bits per heavy atom. The molecule has 0 unspecified atom stereocenters. The van der Waals surface area contributed by atoms with Gasteiger partial charge in [-0.05, 0) is 39.7 Å². The number of amides is 3. The third kappa shape index (κ3) is 3.88. The van der Waals surface area contributed by atoms with Crippen LogP contribution >= 0.6 is 0 Å². The second-order valence-corrected chi connectivity index (χ2v) is 9.06. The van der Waals surface area contributed by atoms with Gasteiger partial charge in [0, 0.05) is 13.1 Å². The monoisotopic (exact) mass is 468 g/mol. The van der Waals surface area contributed by atoms with E-state index in [9.17, 15) is 24.6 Å². The molecule has 4 rings (SSSR count). The molecule has 1 aromatic carbocycles. The first-order chi connectivity index (χ1) is 16.0. The number of aromatic nitrogens is 3. The molecular weight excluding hydrogens is 442 g/mol. The summed E-state index contributed by atoms with van der Waals surface area (Å²) in [4.78, 5) is 44.3. The van der Waals surface area contributed by atoms with Crippen molar-refractivity contribution in [3.05, 3.63) is 53.7 Å². The molecule has 1 aliphatic rings. The van der Waals surface area contributed by atoms with Crippen molar-refractivity contribution < 1.29 is 29.3 Å². The van der Waals surface area contributed by atoms with Gasteiger partial charge in [0.05, 0.1) is 18.8 Å². The molecule has 0 bridgehead atoms. The topological polar surface area (TPSA) is 134 Å². The number of hydrogen-bond donors (Lipinski definition) is 2. The second-order valence-electron chi connectivity index (χ2n) is 9.06. The zero-order chi connectivity index (χ0) is 24.7. The molecule has 1 saturated heterocycles. The van der Waals surface area contributed by atoms with E-state index < -0.39 is 28.4 Å². The van der Waals surface area contributed by atoms with E-state index >= 15 is 0 Å². The van der Waals surface area contributed by atoms with Crippen LogP contribution in [0.1, 0.15) is 36.7 Å². The fourth-order valence-corrected chi connectivity index (χ4v) is 3.84. The Morgan fingerprint density at radius 3 is 2.15 bits per heavy atom. The number of carboxylic acid groups (broad SMARTS) is 2.